The van der Waals surface area contributed by atoms with Gasteiger partial charge in [0.05, 0.1) is 0 Å². The molecule has 0 aromatic rings. The first-order valence-electron chi connectivity index (χ1n) is 5.06. The van der Waals surface area contributed by atoms with Crippen LogP contribution in [0.1, 0.15) is 44.9 Å². The molecule has 1 aliphatic heterocycles. The summed E-state index contributed by atoms with van der Waals surface area (Å²) in [7, 11) is 0. The molecule has 0 aromatic carbocycles. The number of carbonyl (C=O) groups is 1. The number of hydrogen-bond donors (Lipinski definition) is 0. The van der Waals surface area contributed by atoms with Gasteiger partial charge in [-0.15, -0.1) is 0 Å². The zero-order valence-electron chi connectivity index (χ0n) is 7.42. The van der Waals surface area contributed by atoms with E-state index in [9.17, 15) is 4.79 Å². The van der Waals surface area contributed by atoms with Crippen LogP contribution in [0.25, 0.3) is 0 Å². The highest BCUT2D eigenvalue weighted by Gasteiger charge is 2.31. The maximum atomic E-state index is 10.9. The van der Waals surface area contributed by atoms with Crippen molar-refractivity contribution in [1.82, 2.24) is 0 Å². The molecule has 1 aliphatic carbocycles. The van der Waals surface area contributed by atoms with E-state index >= 15 is 0 Å². The fraction of sp³-hybridized carbons (Fsp3) is 0.900. The summed E-state index contributed by atoms with van der Waals surface area (Å²) in [6.07, 6.45) is 8.49. The molecule has 2 nitrogen and oxygen atoms in total. The molecule has 1 saturated heterocycles. The predicted octanol–water partition coefficient (Wildman–Crippen LogP) is 2.27. The molecule has 1 heterocycles. The van der Waals surface area contributed by atoms with Crippen molar-refractivity contribution in [2.45, 2.75) is 51.0 Å². The molecular weight excluding hydrogens is 152 g/mol. The van der Waals surface area contributed by atoms with E-state index in [0.717, 1.165) is 6.42 Å². The van der Waals surface area contributed by atoms with E-state index in [1.54, 1.807) is 0 Å². The summed E-state index contributed by atoms with van der Waals surface area (Å²) in [4.78, 5) is 10.9. The molecule has 68 valence electrons. The quantitative estimate of drug-likeness (QED) is 0.561. The topological polar surface area (TPSA) is 26.3 Å². The fourth-order valence-electron chi connectivity index (χ4n) is 2.38. The average Bonchev–Trinajstić information content (AvgIpc) is 2.54. The van der Waals surface area contributed by atoms with Gasteiger partial charge in [-0.1, -0.05) is 19.3 Å². The van der Waals surface area contributed by atoms with E-state index in [4.69, 9.17) is 4.74 Å². The summed E-state index contributed by atoms with van der Waals surface area (Å²) >= 11 is 0. The van der Waals surface area contributed by atoms with Crippen molar-refractivity contribution in [2.75, 3.05) is 0 Å². The second-order valence-electron chi connectivity index (χ2n) is 3.97. The zero-order valence-corrected chi connectivity index (χ0v) is 7.42. The SMILES string of the molecule is O=C1CC[C@H](C2CCCCC2)O1. The molecule has 0 aromatic heterocycles. The van der Waals surface area contributed by atoms with E-state index < -0.39 is 0 Å². The number of hydrogen-bond acceptors (Lipinski definition) is 2. The van der Waals surface area contributed by atoms with Crippen LogP contribution in [0, 0.1) is 5.92 Å². The van der Waals surface area contributed by atoms with Gasteiger partial charge in [0.25, 0.3) is 0 Å². The van der Waals surface area contributed by atoms with Crippen molar-refractivity contribution >= 4 is 5.97 Å². The highest BCUT2D eigenvalue weighted by molar-refractivity contribution is 5.71. The van der Waals surface area contributed by atoms with Gasteiger partial charge in [0.15, 0.2) is 0 Å². The lowest BCUT2D eigenvalue weighted by atomic mass is 9.84. The second-order valence-corrected chi connectivity index (χ2v) is 3.97. The Balaban J connectivity index is 1.86. The van der Waals surface area contributed by atoms with Crippen LogP contribution >= 0.6 is 0 Å². The fourth-order valence-corrected chi connectivity index (χ4v) is 2.38. The Kier molecular flexibility index (Phi) is 2.33. The molecule has 2 heteroatoms. The van der Waals surface area contributed by atoms with Crippen LogP contribution in [-0.2, 0) is 9.53 Å². The molecule has 12 heavy (non-hydrogen) atoms. The summed E-state index contributed by atoms with van der Waals surface area (Å²) in [5, 5.41) is 0. The number of ether oxygens (including phenoxy) is 1. The monoisotopic (exact) mass is 168 g/mol. The standard InChI is InChI=1S/C10H16O2/c11-10-7-6-9(12-10)8-4-2-1-3-5-8/h8-9H,1-7H2/t9-/m1/s1. The van der Waals surface area contributed by atoms with E-state index in [0.29, 0.717) is 12.3 Å². The van der Waals surface area contributed by atoms with Crippen LogP contribution in [0.15, 0.2) is 0 Å². The minimum Gasteiger partial charge on any atom is -0.462 e. The molecule has 0 spiro atoms. The van der Waals surface area contributed by atoms with Crippen LogP contribution in [0.5, 0.6) is 0 Å². The van der Waals surface area contributed by atoms with E-state index in [2.05, 4.69) is 0 Å². The van der Waals surface area contributed by atoms with Gasteiger partial charge >= 0.3 is 5.97 Å². The molecule has 0 amide bonds. The molecule has 1 saturated carbocycles. The van der Waals surface area contributed by atoms with Gasteiger partial charge in [0.1, 0.15) is 6.10 Å². The molecule has 2 rings (SSSR count). The first-order valence-corrected chi connectivity index (χ1v) is 5.06. The third-order valence-electron chi connectivity index (χ3n) is 3.09. The second kappa shape index (κ2) is 3.46. The Bertz CT molecular complexity index is 171. The third kappa shape index (κ3) is 1.62. The van der Waals surface area contributed by atoms with Crippen molar-refractivity contribution < 1.29 is 9.53 Å². The van der Waals surface area contributed by atoms with Gasteiger partial charge in [-0.3, -0.25) is 4.79 Å². The molecule has 2 fully saturated rings. The molecule has 1 atom stereocenters. The van der Waals surface area contributed by atoms with Crippen molar-refractivity contribution in [3.05, 3.63) is 0 Å². The maximum absolute atomic E-state index is 10.9. The van der Waals surface area contributed by atoms with Gasteiger partial charge in [0, 0.05) is 6.42 Å². The molecule has 2 aliphatic rings. The molecule has 0 unspecified atom stereocenters. The number of rotatable bonds is 1. The van der Waals surface area contributed by atoms with Gasteiger partial charge in [-0.05, 0) is 25.2 Å². The van der Waals surface area contributed by atoms with Gasteiger partial charge < -0.3 is 4.74 Å². The van der Waals surface area contributed by atoms with E-state index in [1.165, 1.54) is 32.1 Å². The van der Waals surface area contributed by atoms with Crippen LogP contribution < -0.4 is 0 Å². The lowest BCUT2D eigenvalue weighted by Crippen LogP contribution is -2.22. The Morgan fingerprint density at radius 1 is 1.08 bits per heavy atom. The maximum Gasteiger partial charge on any atom is 0.306 e. The van der Waals surface area contributed by atoms with Gasteiger partial charge in [-0.2, -0.15) is 0 Å². The third-order valence-corrected chi connectivity index (χ3v) is 3.09. The minimum atomic E-state index is 0.0190. The first kappa shape index (κ1) is 8.09. The van der Waals surface area contributed by atoms with Gasteiger partial charge in [-0.25, -0.2) is 0 Å². The number of esters is 1. The van der Waals surface area contributed by atoms with Crippen LogP contribution in [-0.4, -0.2) is 12.1 Å². The summed E-state index contributed by atoms with van der Waals surface area (Å²) < 4.78 is 5.26. The lowest BCUT2D eigenvalue weighted by molar-refractivity contribution is -0.143. The smallest absolute Gasteiger partial charge is 0.306 e. The summed E-state index contributed by atoms with van der Waals surface area (Å²) in [5.74, 6) is 0.704. The summed E-state index contributed by atoms with van der Waals surface area (Å²) in [6, 6.07) is 0. The minimum absolute atomic E-state index is 0.0190. The van der Waals surface area contributed by atoms with Gasteiger partial charge in [0.2, 0.25) is 0 Å². The Hall–Kier alpha value is -0.530. The average molecular weight is 168 g/mol. The highest BCUT2D eigenvalue weighted by Crippen LogP contribution is 2.32. The molecule has 0 N–H and O–H groups in total. The van der Waals surface area contributed by atoms with Crippen LogP contribution in [0.4, 0.5) is 0 Å². The lowest BCUT2D eigenvalue weighted by Gasteiger charge is -2.25. The van der Waals surface area contributed by atoms with Crippen molar-refractivity contribution in [3.63, 3.8) is 0 Å². The molecule has 0 bridgehead atoms. The van der Waals surface area contributed by atoms with Crippen LogP contribution in [0.2, 0.25) is 0 Å². The predicted molar refractivity (Wildman–Crippen MR) is 45.7 cm³/mol. The van der Waals surface area contributed by atoms with Crippen molar-refractivity contribution in [1.29, 1.82) is 0 Å². The van der Waals surface area contributed by atoms with E-state index in [1.807, 2.05) is 0 Å². The number of cyclic esters (lactones) is 1. The number of carbonyl (C=O) groups excluding carboxylic acids is 1. The Morgan fingerprint density at radius 3 is 2.42 bits per heavy atom. The Labute approximate surface area is 73.3 Å². The normalized spacial score (nSPS) is 32.0. The first-order chi connectivity index (χ1) is 5.86. The molecule has 0 radical (unpaired) electrons. The highest BCUT2D eigenvalue weighted by atomic mass is 16.5. The zero-order chi connectivity index (χ0) is 8.39. The van der Waals surface area contributed by atoms with Crippen molar-refractivity contribution in [2.24, 2.45) is 5.92 Å². The summed E-state index contributed by atoms with van der Waals surface area (Å²) in [5.41, 5.74) is 0. The summed E-state index contributed by atoms with van der Waals surface area (Å²) in [6.45, 7) is 0. The largest absolute Gasteiger partial charge is 0.462 e. The Morgan fingerprint density at radius 2 is 1.83 bits per heavy atom. The van der Waals surface area contributed by atoms with Crippen LogP contribution in [0.3, 0.4) is 0 Å². The molecular formula is C10H16O2. The van der Waals surface area contributed by atoms with Crippen molar-refractivity contribution in [3.8, 4) is 0 Å². The van der Waals surface area contributed by atoms with E-state index in [-0.39, 0.29) is 12.1 Å².